The number of aliphatic imine (C=N–C) groups is 1. The summed E-state index contributed by atoms with van der Waals surface area (Å²) in [4.78, 5) is 24.2. The fourth-order valence-corrected chi connectivity index (χ4v) is 1.72. The number of hydrogen-bond acceptors (Lipinski definition) is 5. The van der Waals surface area contributed by atoms with Gasteiger partial charge in [-0.25, -0.2) is 4.99 Å². The van der Waals surface area contributed by atoms with Crippen LogP contribution in [0.25, 0.3) is 6.08 Å². The van der Waals surface area contributed by atoms with Crippen molar-refractivity contribution >= 4 is 29.4 Å². The number of hydrogen-bond donors (Lipinski definition) is 0. The summed E-state index contributed by atoms with van der Waals surface area (Å²) in [6.45, 7) is 0. The van der Waals surface area contributed by atoms with E-state index in [1.54, 1.807) is 12.2 Å². The Morgan fingerprint density at radius 2 is 1.68 bits per heavy atom. The molecule has 0 aromatic heterocycles. The van der Waals surface area contributed by atoms with Crippen LogP contribution in [0.15, 0.2) is 59.6 Å². The van der Waals surface area contributed by atoms with Crippen LogP contribution in [0.1, 0.15) is 5.56 Å². The molecule has 0 spiro atoms. The first-order valence-corrected chi connectivity index (χ1v) is 6.26. The molecule has 0 saturated heterocycles. The van der Waals surface area contributed by atoms with Gasteiger partial charge in [0.25, 0.3) is 5.69 Å². The molecule has 0 aliphatic carbocycles. The Balaban J connectivity index is 2.22. The molecule has 2 aromatic carbocycles. The van der Waals surface area contributed by atoms with E-state index >= 15 is 0 Å². The predicted molar refractivity (Wildman–Crippen MR) is 83.4 cm³/mol. The van der Waals surface area contributed by atoms with Crippen LogP contribution in [-0.4, -0.2) is 16.1 Å². The molecule has 0 N–H and O–H groups in total. The van der Waals surface area contributed by atoms with E-state index in [1.807, 2.05) is 30.3 Å². The van der Waals surface area contributed by atoms with E-state index in [0.29, 0.717) is 0 Å². The Labute approximate surface area is 125 Å². The summed E-state index contributed by atoms with van der Waals surface area (Å²) in [5.41, 5.74) is 0.282. The summed E-state index contributed by atoms with van der Waals surface area (Å²) >= 11 is 0. The minimum absolute atomic E-state index is 0.0633. The van der Waals surface area contributed by atoms with E-state index < -0.39 is 15.5 Å². The van der Waals surface area contributed by atoms with Crippen molar-refractivity contribution in [1.29, 1.82) is 0 Å². The molecule has 0 bridgehead atoms. The van der Waals surface area contributed by atoms with Crippen LogP contribution in [-0.2, 0) is 0 Å². The van der Waals surface area contributed by atoms with Gasteiger partial charge in [0.15, 0.2) is 0 Å². The number of non-ortho nitro benzene ring substituents is 1. The van der Waals surface area contributed by atoms with E-state index in [4.69, 9.17) is 0 Å². The standard InChI is InChI=1S/C15H11N3O4/c19-17(20)13-8-9-14(15(11-13)18(21)22)16-10-4-7-12-5-2-1-3-6-12/h1-11H/b7-4-,16-10?. The number of rotatable bonds is 5. The zero-order chi connectivity index (χ0) is 15.9. The first-order chi connectivity index (χ1) is 10.6. The second-order valence-electron chi connectivity index (χ2n) is 4.24. The van der Waals surface area contributed by atoms with Crippen LogP contribution in [0.5, 0.6) is 0 Å². The summed E-state index contributed by atoms with van der Waals surface area (Å²) < 4.78 is 0. The number of nitro benzene ring substituents is 2. The average Bonchev–Trinajstić information content (AvgIpc) is 2.52. The van der Waals surface area contributed by atoms with Crippen molar-refractivity contribution in [2.45, 2.75) is 0 Å². The lowest BCUT2D eigenvalue weighted by Gasteiger charge is -1.97. The molecule has 110 valence electrons. The molecule has 2 aromatic rings. The Bertz CT molecular complexity index is 755. The van der Waals surface area contributed by atoms with Crippen molar-refractivity contribution in [3.8, 4) is 0 Å². The van der Waals surface area contributed by atoms with Gasteiger partial charge in [0, 0.05) is 12.3 Å². The van der Waals surface area contributed by atoms with Gasteiger partial charge in [0.1, 0.15) is 5.69 Å². The molecule has 0 aliphatic rings. The molecular formula is C15H11N3O4. The van der Waals surface area contributed by atoms with Crippen LogP contribution in [0.4, 0.5) is 17.1 Å². The first kappa shape index (κ1) is 15.0. The van der Waals surface area contributed by atoms with Gasteiger partial charge in [-0.2, -0.15) is 0 Å². The van der Waals surface area contributed by atoms with Gasteiger partial charge in [-0.3, -0.25) is 20.2 Å². The zero-order valence-electron chi connectivity index (χ0n) is 11.3. The minimum atomic E-state index is -0.694. The SMILES string of the molecule is O=[N+]([O-])c1ccc(N=C/C=C\c2ccccc2)c([N+](=O)[O-])c1. The van der Waals surface area contributed by atoms with E-state index in [0.717, 1.165) is 11.6 Å². The van der Waals surface area contributed by atoms with Crippen LogP contribution < -0.4 is 0 Å². The molecule has 0 unspecified atom stereocenters. The lowest BCUT2D eigenvalue weighted by molar-refractivity contribution is -0.393. The van der Waals surface area contributed by atoms with Gasteiger partial charge < -0.3 is 0 Å². The minimum Gasteiger partial charge on any atom is -0.258 e. The molecule has 0 heterocycles. The highest BCUT2D eigenvalue weighted by molar-refractivity contribution is 5.82. The average molecular weight is 297 g/mol. The van der Waals surface area contributed by atoms with Crippen LogP contribution in [0.3, 0.4) is 0 Å². The van der Waals surface area contributed by atoms with Crippen molar-refractivity contribution in [2.24, 2.45) is 4.99 Å². The normalized spacial score (nSPS) is 11.1. The zero-order valence-corrected chi connectivity index (χ0v) is 11.3. The third-order valence-electron chi connectivity index (χ3n) is 2.75. The monoisotopic (exact) mass is 297 g/mol. The van der Waals surface area contributed by atoms with Gasteiger partial charge in [0.2, 0.25) is 0 Å². The topological polar surface area (TPSA) is 98.6 Å². The maximum Gasteiger partial charge on any atom is 0.301 e. The van der Waals surface area contributed by atoms with Gasteiger partial charge in [0.05, 0.1) is 15.9 Å². The molecule has 7 nitrogen and oxygen atoms in total. The van der Waals surface area contributed by atoms with Crippen molar-refractivity contribution in [3.63, 3.8) is 0 Å². The third kappa shape index (κ3) is 3.83. The Morgan fingerprint density at radius 3 is 2.32 bits per heavy atom. The Morgan fingerprint density at radius 1 is 0.955 bits per heavy atom. The van der Waals surface area contributed by atoms with Crippen LogP contribution >= 0.6 is 0 Å². The molecule has 22 heavy (non-hydrogen) atoms. The fourth-order valence-electron chi connectivity index (χ4n) is 1.72. The van der Waals surface area contributed by atoms with Crippen molar-refractivity contribution in [3.05, 3.63) is 80.4 Å². The summed E-state index contributed by atoms with van der Waals surface area (Å²) in [6, 6.07) is 12.8. The van der Waals surface area contributed by atoms with E-state index in [9.17, 15) is 20.2 Å². The fraction of sp³-hybridized carbons (Fsp3) is 0. The largest absolute Gasteiger partial charge is 0.301 e. The molecule has 7 heteroatoms. The molecule has 0 saturated carbocycles. The summed E-state index contributed by atoms with van der Waals surface area (Å²) in [5.74, 6) is 0. The highest BCUT2D eigenvalue weighted by Crippen LogP contribution is 2.30. The summed E-state index contributed by atoms with van der Waals surface area (Å²) in [7, 11) is 0. The Kier molecular flexibility index (Phi) is 4.71. The van der Waals surface area contributed by atoms with E-state index in [1.165, 1.54) is 18.3 Å². The van der Waals surface area contributed by atoms with Gasteiger partial charge in [-0.05, 0) is 17.7 Å². The smallest absolute Gasteiger partial charge is 0.258 e. The van der Waals surface area contributed by atoms with E-state index in [-0.39, 0.29) is 11.4 Å². The lowest BCUT2D eigenvalue weighted by atomic mass is 10.2. The van der Waals surface area contributed by atoms with Crippen molar-refractivity contribution in [1.82, 2.24) is 0 Å². The number of allylic oxidation sites excluding steroid dienone is 1. The number of nitrogens with zero attached hydrogens (tertiary/aromatic N) is 3. The van der Waals surface area contributed by atoms with Gasteiger partial charge in [-0.1, -0.05) is 36.4 Å². The molecule has 0 atom stereocenters. The van der Waals surface area contributed by atoms with Gasteiger partial charge in [-0.15, -0.1) is 0 Å². The molecule has 2 rings (SSSR count). The summed E-state index contributed by atoms with van der Waals surface area (Å²) in [6.07, 6.45) is 4.84. The molecule has 0 amide bonds. The molecule has 0 aliphatic heterocycles. The van der Waals surface area contributed by atoms with Crippen molar-refractivity contribution < 1.29 is 9.85 Å². The second kappa shape index (κ2) is 6.89. The van der Waals surface area contributed by atoms with E-state index in [2.05, 4.69) is 4.99 Å². The highest BCUT2D eigenvalue weighted by Gasteiger charge is 2.18. The Hall–Kier alpha value is -3.35. The van der Waals surface area contributed by atoms with Gasteiger partial charge >= 0.3 is 5.69 Å². The molecule has 0 radical (unpaired) electrons. The first-order valence-electron chi connectivity index (χ1n) is 6.26. The molecular weight excluding hydrogens is 286 g/mol. The molecule has 0 fully saturated rings. The summed E-state index contributed by atoms with van der Waals surface area (Å²) in [5, 5.41) is 21.6. The highest BCUT2D eigenvalue weighted by atomic mass is 16.6. The second-order valence-corrected chi connectivity index (χ2v) is 4.24. The van der Waals surface area contributed by atoms with Crippen LogP contribution in [0.2, 0.25) is 0 Å². The van der Waals surface area contributed by atoms with Crippen molar-refractivity contribution in [2.75, 3.05) is 0 Å². The lowest BCUT2D eigenvalue weighted by Crippen LogP contribution is -1.92. The van der Waals surface area contributed by atoms with Crippen LogP contribution in [0, 0.1) is 20.2 Å². The maximum atomic E-state index is 10.9. The predicted octanol–water partition coefficient (Wildman–Crippen LogP) is 3.92. The quantitative estimate of drug-likeness (QED) is 0.474. The number of benzene rings is 2. The third-order valence-corrected chi connectivity index (χ3v) is 2.75. The maximum absolute atomic E-state index is 10.9. The number of nitro groups is 2.